The number of hydrogen-bond acceptors (Lipinski definition) is 3. The molecule has 1 aliphatic carbocycles. The maximum atomic E-state index is 12.5. The zero-order valence-electron chi connectivity index (χ0n) is 17.9. The lowest BCUT2D eigenvalue weighted by atomic mass is 9.89. The van der Waals surface area contributed by atoms with Crippen LogP contribution in [0.5, 0.6) is 0 Å². The zero-order valence-corrected chi connectivity index (χ0v) is 17.9. The van der Waals surface area contributed by atoms with Crippen LogP contribution in [0.4, 0.5) is 0 Å². The van der Waals surface area contributed by atoms with Crippen LogP contribution < -0.4 is 10.6 Å². The van der Waals surface area contributed by atoms with Crippen LogP contribution in [0.2, 0.25) is 0 Å². The molecule has 0 bridgehead atoms. The lowest BCUT2D eigenvalue weighted by Gasteiger charge is -2.21. The summed E-state index contributed by atoms with van der Waals surface area (Å²) in [5.74, 6) is 0.835. The molecule has 0 radical (unpaired) electrons. The van der Waals surface area contributed by atoms with E-state index in [0.717, 1.165) is 41.0 Å². The van der Waals surface area contributed by atoms with E-state index < -0.39 is 0 Å². The number of amides is 1. The zero-order chi connectivity index (χ0) is 21.5. The van der Waals surface area contributed by atoms with Crippen molar-refractivity contribution >= 4 is 16.8 Å². The summed E-state index contributed by atoms with van der Waals surface area (Å²) in [7, 11) is 0. The minimum absolute atomic E-state index is 0.0285. The molecule has 1 heterocycles. The van der Waals surface area contributed by atoms with Crippen molar-refractivity contribution in [1.29, 1.82) is 5.26 Å². The van der Waals surface area contributed by atoms with Gasteiger partial charge in [-0.15, -0.1) is 0 Å². The lowest BCUT2D eigenvalue weighted by Crippen LogP contribution is -2.35. The van der Waals surface area contributed by atoms with Crippen LogP contribution in [-0.4, -0.2) is 30.1 Å². The molecular weight excluding hydrogens is 384 g/mol. The summed E-state index contributed by atoms with van der Waals surface area (Å²) in [6.07, 6.45) is 8.75. The maximum Gasteiger partial charge on any atom is 0.239 e. The van der Waals surface area contributed by atoms with Gasteiger partial charge in [0.15, 0.2) is 0 Å². The second kappa shape index (κ2) is 10.3. The molecule has 31 heavy (non-hydrogen) atoms. The largest absolute Gasteiger partial charge is 0.353 e. The summed E-state index contributed by atoms with van der Waals surface area (Å²) in [4.78, 5) is 12.5. The Hall–Kier alpha value is -3.10. The fourth-order valence-electron chi connectivity index (χ4n) is 4.44. The molecule has 0 unspecified atom stereocenters. The van der Waals surface area contributed by atoms with E-state index in [1.54, 1.807) is 0 Å². The number of aromatic nitrogens is 1. The number of rotatable bonds is 8. The maximum absolute atomic E-state index is 12.5. The van der Waals surface area contributed by atoms with Crippen molar-refractivity contribution < 1.29 is 4.79 Å². The van der Waals surface area contributed by atoms with Crippen molar-refractivity contribution in [2.75, 3.05) is 19.6 Å². The summed E-state index contributed by atoms with van der Waals surface area (Å²) in [6.45, 7) is 2.85. The highest BCUT2D eigenvalue weighted by Gasteiger charge is 2.12. The molecule has 3 aromatic rings. The third-order valence-electron chi connectivity index (χ3n) is 6.22. The first kappa shape index (κ1) is 21.1. The molecule has 160 valence electrons. The van der Waals surface area contributed by atoms with Crippen LogP contribution in [0.25, 0.3) is 22.0 Å². The molecule has 4 rings (SSSR count). The van der Waals surface area contributed by atoms with Crippen LogP contribution in [0.1, 0.15) is 37.7 Å². The van der Waals surface area contributed by atoms with Gasteiger partial charge in [-0.3, -0.25) is 4.79 Å². The Labute approximate surface area is 184 Å². The van der Waals surface area contributed by atoms with Crippen molar-refractivity contribution in [3.63, 3.8) is 0 Å². The molecule has 0 spiro atoms. The molecule has 2 aromatic carbocycles. The number of carbonyl (C=O) groups is 1. The summed E-state index contributed by atoms with van der Waals surface area (Å²) in [5, 5.41) is 16.6. The van der Waals surface area contributed by atoms with Gasteiger partial charge in [-0.05, 0) is 66.1 Å². The van der Waals surface area contributed by atoms with Crippen LogP contribution >= 0.6 is 0 Å². The molecule has 0 aliphatic heterocycles. The lowest BCUT2D eigenvalue weighted by molar-refractivity contribution is -0.121. The van der Waals surface area contributed by atoms with Gasteiger partial charge in [0.2, 0.25) is 5.91 Å². The highest BCUT2D eigenvalue weighted by Crippen LogP contribution is 2.26. The van der Waals surface area contributed by atoms with E-state index in [1.165, 1.54) is 32.1 Å². The number of nitrogens with zero attached hydrogens (tertiary/aromatic N) is 2. The first-order chi connectivity index (χ1) is 15.2. The third kappa shape index (κ3) is 5.53. The Morgan fingerprint density at radius 3 is 2.55 bits per heavy atom. The van der Waals surface area contributed by atoms with Gasteiger partial charge < -0.3 is 15.2 Å². The number of nitrogens with one attached hydrogen (secondary N) is 2. The molecule has 0 saturated heterocycles. The van der Waals surface area contributed by atoms with E-state index in [2.05, 4.69) is 34.9 Å². The normalized spacial score (nSPS) is 14.4. The van der Waals surface area contributed by atoms with Gasteiger partial charge in [-0.25, -0.2) is 0 Å². The molecular formula is C26H30N4O. The molecule has 5 heteroatoms. The molecule has 1 amide bonds. The van der Waals surface area contributed by atoms with E-state index in [1.807, 2.05) is 41.1 Å². The van der Waals surface area contributed by atoms with Gasteiger partial charge in [-0.2, -0.15) is 5.26 Å². The predicted octanol–water partition coefficient (Wildman–Crippen LogP) is 4.47. The van der Waals surface area contributed by atoms with Gasteiger partial charge in [0.05, 0.1) is 11.6 Å². The highest BCUT2D eigenvalue weighted by molar-refractivity contribution is 5.87. The minimum Gasteiger partial charge on any atom is -0.353 e. The molecule has 1 saturated carbocycles. The second-order valence-electron chi connectivity index (χ2n) is 8.46. The molecule has 2 N–H and O–H groups in total. The first-order valence-electron chi connectivity index (χ1n) is 11.3. The SMILES string of the molecule is N#Cc1ccc(-c2ccc3ccn(CC(=O)NCCNCC4CCCCC4)c3c2)cc1. The summed E-state index contributed by atoms with van der Waals surface area (Å²) in [5.41, 5.74) is 3.82. The minimum atomic E-state index is 0.0285. The van der Waals surface area contributed by atoms with Crippen LogP contribution in [0.3, 0.4) is 0 Å². The Bertz CT molecular complexity index is 1060. The van der Waals surface area contributed by atoms with Crippen LogP contribution in [0, 0.1) is 17.2 Å². The van der Waals surface area contributed by atoms with Crippen molar-refractivity contribution in [2.24, 2.45) is 5.92 Å². The number of nitriles is 1. The number of fused-ring (bicyclic) bond motifs is 1. The number of hydrogen-bond donors (Lipinski definition) is 2. The third-order valence-corrected chi connectivity index (χ3v) is 6.22. The smallest absolute Gasteiger partial charge is 0.239 e. The van der Waals surface area contributed by atoms with E-state index >= 15 is 0 Å². The fourth-order valence-corrected chi connectivity index (χ4v) is 4.44. The van der Waals surface area contributed by atoms with Gasteiger partial charge in [0.25, 0.3) is 0 Å². The Morgan fingerprint density at radius 1 is 1.00 bits per heavy atom. The highest BCUT2D eigenvalue weighted by atomic mass is 16.1. The monoisotopic (exact) mass is 414 g/mol. The van der Waals surface area contributed by atoms with Crippen molar-refractivity contribution in [3.05, 3.63) is 60.3 Å². The van der Waals surface area contributed by atoms with Crippen LogP contribution in [0.15, 0.2) is 54.7 Å². The van der Waals surface area contributed by atoms with Gasteiger partial charge >= 0.3 is 0 Å². The van der Waals surface area contributed by atoms with E-state index in [9.17, 15) is 4.79 Å². The number of benzene rings is 2. The Kier molecular flexibility index (Phi) is 7.01. The molecule has 1 aliphatic rings. The van der Waals surface area contributed by atoms with Gasteiger partial charge in [0.1, 0.15) is 6.54 Å². The Morgan fingerprint density at radius 2 is 1.77 bits per heavy atom. The molecule has 1 aromatic heterocycles. The quantitative estimate of drug-likeness (QED) is 0.535. The van der Waals surface area contributed by atoms with Gasteiger partial charge in [0, 0.05) is 24.8 Å². The summed E-state index contributed by atoms with van der Waals surface area (Å²) >= 11 is 0. The van der Waals surface area contributed by atoms with Crippen molar-refractivity contribution in [2.45, 2.75) is 38.6 Å². The first-order valence-corrected chi connectivity index (χ1v) is 11.3. The average Bonchev–Trinajstić information content (AvgIpc) is 3.21. The van der Waals surface area contributed by atoms with Crippen LogP contribution in [-0.2, 0) is 11.3 Å². The number of carbonyl (C=O) groups excluding carboxylic acids is 1. The Balaban J connectivity index is 1.31. The molecule has 1 fully saturated rings. The standard InChI is InChI=1S/C26H30N4O/c27-17-20-6-8-22(9-7-20)24-11-10-23-12-15-30(25(23)16-24)19-26(31)29-14-13-28-18-21-4-2-1-3-5-21/h6-12,15-16,21,28H,1-5,13-14,18-19H2,(H,29,31). The topological polar surface area (TPSA) is 69.8 Å². The fraction of sp³-hybridized carbons (Fsp3) is 0.385. The van der Waals surface area contributed by atoms with Crippen molar-refractivity contribution in [1.82, 2.24) is 15.2 Å². The average molecular weight is 415 g/mol. The van der Waals surface area contributed by atoms with E-state index in [0.29, 0.717) is 18.7 Å². The molecule has 5 nitrogen and oxygen atoms in total. The van der Waals surface area contributed by atoms with E-state index in [-0.39, 0.29) is 5.91 Å². The summed E-state index contributed by atoms with van der Waals surface area (Å²) in [6, 6.07) is 18.0. The summed E-state index contributed by atoms with van der Waals surface area (Å²) < 4.78 is 1.99. The second-order valence-corrected chi connectivity index (χ2v) is 8.46. The van der Waals surface area contributed by atoms with E-state index in [4.69, 9.17) is 5.26 Å². The molecule has 0 atom stereocenters. The predicted molar refractivity (Wildman–Crippen MR) is 125 cm³/mol. The van der Waals surface area contributed by atoms with Crippen molar-refractivity contribution in [3.8, 4) is 17.2 Å². The van der Waals surface area contributed by atoms with Gasteiger partial charge in [-0.1, -0.05) is 43.5 Å².